The summed E-state index contributed by atoms with van der Waals surface area (Å²) in [6.07, 6.45) is 6.32. The van der Waals surface area contributed by atoms with Gasteiger partial charge in [0.2, 0.25) is 11.8 Å². The lowest BCUT2D eigenvalue weighted by atomic mass is 9.97. The Morgan fingerprint density at radius 3 is 2.62 bits per heavy atom. The summed E-state index contributed by atoms with van der Waals surface area (Å²) in [5.41, 5.74) is 1.40. The SMILES string of the molecule is CC(=O)N1CCN(C(=O)CSc2ncnc3sc4c(c23)CCCC4)CC1. The Kier molecular flexibility index (Phi) is 5.13. The number of thioether (sulfide) groups is 1. The Hall–Kier alpha value is -1.67. The maximum absolute atomic E-state index is 12.6. The Balaban J connectivity index is 1.44. The molecule has 1 aliphatic heterocycles. The van der Waals surface area contributed by atoms with Crippen molar-refractivity contribution in [1.82, 2.24) is 19.8 Å². The minimum Gasteiger partial charge on any atom is -0.339 e. The molecule has 2 aromatic rings. The highest BCUT2D eigenvalue weighted by molar-refractivity contribution is 8.00. The highest BCUT2D eigenvalue weighted by atomic mass is 32.2. The summed E-state index contributed by atoms with van der Waals surface area (Å²) >= 11 is 3.30. The lowest BCUT2D eigenvalue weighted by Gasteiger charge is -2.34. The van der Waals surface area contributed by atoms with Crippen molar-refractivity contribution in [2.24, 2.45) is 0 Å². The van der Waals surface area contributed by atoms with E-state index >= 15 is 0 Å². The number of hydrogen-bond acceptors (Lipinski definition) is 6. The fourth-order valence-electron chi connectivity index (χ4n) is 3.66. The van der Waals surface area contributed by atoms with E-state index in [9.17, 15) is 9.59 Å². The van der Waals surface area contributed by atoms with E-state index in [1.807, 2.05) is 4.90 Å². The molecule has 0 aromatic carbocycles. The van der Waals surface area contributed by atoms with Gasteiger partial charge < -0.3 is 9.80 Å². The third kappa shape index (κ3) is 3.44. The van der Waals surface area contributed by atoms with E-state index in [2.05, 4.69) is 9.97 Å². The summed E-state index contributed by atoms with van der Waals surface area (Å²) in [6, 6.07) is 0. The van der Waals surface area contributed by atoms with Crippen molar-refractivity contribution in [3.8, 4) is 0 Å². The van der Waals surface area contributed by atoms with E-state index in [4.69, 9.17) is 0 Å². The Morgan fingerprint density at radius 2 is 1.85 bits per heavy atom. The molecule has 0 spiro atoms. The second-order valence-electron chi connectivity index (χ2n) is 6.75. The number of aromatic nitrogens is 2. The van der Waals surface area contributed by atoms with Gasteiger partial charge in [0.15, 0.2) is 0 Å². The molecule has 138 valence electrons. The standard InChI is InChI=1S/C18H22N4O2S2/c1-12(23)21-6-8-22(9-7-21)15(24)10-25-17-16-13-4-2-3-5-14(13)26-18(16)20-11-19-17/h11H,2-10H2,1H3. The quantitative estimate of drug-likeness (QED) is 0.595. The molecule has 0 N–H and O–H groups in total. The second kappa shape index (κ2) is 7.52. The highest BCUT2D eigenvalue weighted by Gasteiger charge is 2.24. The van der Waals surface area contributed by atoms with Crippen LogP contribution in [0.3, 0.4) is 0 Å². The van der Waals surface area contributed by atoms with Crippen LogP contribution in [0.5, 0.6) is 0 Å². The zero-order valence-electron chi connectivity index (χ0n) is 14.9. The van der Waals surface area contributed by atoms with Crippen LogP contribution in [0.2, 0.25) is 0 Å². The number of nitrogens with zero attached hydrogens (tertiary/aromatic N) is 4. The van der Waals surface area contributed by atoms with E-state index in [1.54, 1.807) is 29.5 Å². The first-order valence-corrected chi connectivity index (χ1v) is 10.8. The van der Waals surface area contributed by atoms with Gasteiger partial charge in [-0.25, -0.2) is 9.97 Å². The molecule has 8 heteroatoms. The van der Waals surface area contributed by atoms with Crippen LogP contribution < -0.4 is 0 Å². The van der Waals surface area contributed by atoms with Gasteiger partial charge in [-0.1, -0.05) is 11.8 Å². The molecule has 26 heavy (non-hydrogen) atoms. The lowest BCUT2D eigenvalue weighted by molar-refractivity contribution is -0.136. The molecule has 0 bridgehead atoms. The van der Waals surface area contributed by atoms with Crippen molar-refractivity contribution in [2.45, 2.75) is 37.6 Å². The van der Waals surface area contributed by atoms with Gasteiger partial charge in [-0.2, -0.15) is 0 Å². The fraction of sp³-hybridized carbons (Fsp3) is 0.556. The summed E-state index contributed by atoms with van der Waals surface area (Å²) in [6.45, 7) is 4.07. The molecule has 1 saturated heterocycles. The Bertz CT molecular complexity index is 843. The molecule has 1 aliphatic carbocycles. The van der Waals surface area contributed by atoms with Gasteiger partial charge in [0.05, 0.1) is 5.75 Å². The van der Waals surface area contributed by atoms with Crippen LogP contribution in [-0.4, -0.2) is 63.5 Å². The summed E-state index contributed by atoms with van der Waals surface area (Å²) in [7, 11) is 0. The van der Waals surface area contributed by atoms with Crippen LogP contribution in [0.1, 0.15) is 30.2 Å². The van der Waals surface area contributed by atoms with Crippen molar-refractivity contribution >= 4 is 45.1 Å². The molecule has 4 rings (SSSR count). The van der Waals surface area contributed by atoms with Crippen LogP contribution >= 0.6 is 23.1 Å². The number of amides is 2. The molecule has 0 saturated carbocycles. The predicted octanol–water partition coefficient (Wildman–Crippen LogP) is 2.35. The fourth-order valence-corrected chi connectivity index (χ4v) is 5.88. The van der Waals surface area contributed by atoms with Gasteiger partial charge in [0, 0.05) is 43.4 Å². The largest absolute Gasteiger partial charge is 0.339 e. The average Bonchev–Trinajstić information content (AvgIpc) is 3.05. The molecule has 2 aliphatic rings. The number of carbonyl (C=O) groups excluding carboxylic acids is 2. The monoisotopic (exact) mass is 390 g/mol. The summed E-state index contributed by atoms with van der Waals surface area (Å²) in [5.74, 6) is 0.586. The molecular formula is C18H22N4O2S2. The predicted molar refractivity (Wildman–Crippen MR) is 104 cm³/mol. The molecule has 2 aromatic heterocycles. The average molecular weight is 391 g/mol. The van der Waals surface area contributed by atoms with E-state index in [0.29, 0.717) is 31.9 Å². The molecule has 1 fully saturated rings. The first-order chi connectivity index (χ1) is 12.6. The van der Waals surface area contributed by atoms with Crippen molar-refractivity contribution in [3.05, 3.63) is 16.8 Å². The van der Waals surface area contributed by atoms with Crippen LogP contribution in [0.25, 0.3) is 10.2 Å². The molecular weight excluding hydrogens is 368 g/mol. The number of carbonyl (C=O) groups is 2. The zero-order valence-corrected chi connectivity index (χ0v) is 16.5. The normalized spacial score (nSPS) is 17.4. The van der Waals surface area contributed by atoms with Gasteiger partial charge in [-0.3, -0.25) is 9.59 Å². The van der Waals surface area contributed by atoms with Crippen LogP contribution in [0.4, 0.5) is 0 Å². The van der Waals surface area contributed by atoms with Gasteiger partial charge in [0.25, 0.3) is 0 Å². The van der Waals surface area contributed by atoms with E-state index in [0.717, 1.165) is 22.7 Å². The van der Waals surface area contributed by atoms with Crippen molar-refractivity contribution in [2.75, 3.05) is 31.9 Å². The smallest absolute Gasteiger partial charge is 0.233 e. The molecule has 2 amide bonds. The number of fused-ring (bicyclic) bond motifs is 3. The maximum atomic E-state index is 12.6. The minimum absolute atomic E-state index is 0.0806. The molecule has 3 heterocycles. The van der Waals surface area contributed by atoms with E-state index in [-0.39, 0.29) is 11.8 Å². The van der Waals surface area contributed by atoms with Crippen molar-refractivity contribution in [1.29, 1.82) is 0 Å². The van der Waals surface area contributed by atoms with Crippen molar-refractivity contribution < 1.29 is 9.59 Å². The Labute approximate surface area is 161 Å². The number of piperazine rings is 1. The molecule has 6 nitrogen and oxygen atoms in total. The number of hydrogen-bond donors (Lipinski definition) is 0. The molecule has 0 atom stereocenters. The Morgan fingerprint density at radius 1 is 1.12 bits per heavy atom. The number of aryl methyl sites for hydroxylation is 2. The van der Waals surface area contributed by atoms with Crippen LogP contribution in [0, 0.1) is 0 Å². The minimum atomic E-state index is 0.0806. The molecule has 0 unspecified atom stereocenters. The van der Waals surface area contributed by atoms with Crippen LogP contribution in [0.15, 0.2) is 11.4 Å². The zero-order chi connectivity index (χ0) is 18.1. The molecule has 0 radical (unpaired) electrons. The first-order valence-electron chi connectivity index (χ1n) is 9.05. The van der Waals surface area contributed by atoms with Crippen molar-refractivity contribution in [3.63, 3.8) is 0 Å². The second-order valence-corrected chi connectivity index (χ2v) is 8.79. The van der Waals surface area contributed by atoms with E-state index < -0.39 is 0 Å². The lowest BCUT2D eigenvalue weighted by Crippen LogP contribution is -2.50. The first kappa shape index (κ1) is 17.7. The summed E-state index contributed by atoms with van der Waals surface area (Å²) in [4.78, 5) is 39.1. The van der Waals surface area contributed by atoms with Crippen LogP contribution in [-0.2, 0) is 22.4 Å². The number of thiophene rings is 1. The number of rotatable bonds is 3. The van der Waals surface area contributed by atoms with Gasteiger partial charge in [0.1, 0.15) is 16.2 Å². The summed E-state index contributed by atoms with van der Waals surface area (Å²) < 4.78 is 0. The summed E-state index contributed by atoms with van der Waals surface area (Å²) in [5, 5.41) is 2.11. The van der Waals surface area contributed by atoms with Gasteiger partial charge in [-0.05, 0) is 31.2 Å². The van der Waals surface area contributed by atoms with E-state index in [1.165, 1.54) is 40.4 Å². The van der Waals surface area contributed by atoms with Gasteiger partial charge >= 0.3 is 0 Å². The third-order valence-electron chi connectivity index (χ3n) is 5.13. The highest BCUT2D eigenvalue weighted by Crippen LogP contribution is 2.39. The third-order valence-corrected chi connectivity index (χ3v) is 7.30. The van der Waals surface area contributed by atoms with Gasteiger partial charge in [-0.15, -0.1) is 11.3 Å². The topological polar surface area (TPSA) is 66.4 Å². The maximum Gasteiger partial charge on any atom is 0.233 e.